The van der Waals surface area contributed by atoms with Crippen molar-refractivity contribution in [2.24, 2.45) is 0 Å². The molecule has 1 atom stereocenters. The summed E-state index contributed by atoms with van der Waals surface area (Å²) in [6, 6.07) is 16.1. The van der Waals surface area contributed by atoms with Crippen LogP contribution in [0.4, 0.5) is 4.79 Å². The quantitative estimate of drug-likeness (QED) is 0.919. The molecule has 4 rings (SSSR count). The summed E-state index contributed by atoms with van der Waals surface area (Å²) in [4.78, 5) is 14.2. The summed E-state index contributed by atoms with van der Waals surface area (Å²) in [6.07, 6.45) is -0.451. The van der Waals surface area contributed by atoms with Crippen molar-refractivity contribution in [2.45, 2.75) is 31.5 Å². The zero-order chi connectivity index (χ0) is 18.3. The van der Waals surface area contributed by atoms with Crippen LogP contribution in [-0.4, -0.2) is 47.7 Å². The third kappa shape index (κ3) is 2.68. The van der Waals surface area contributed by atoms with Gasteiger partial charge in [0.1, 0.15) is 12.3 Å². The van der Waals surface area contributed by atoms with Gasteiger partial charge in [-0.1, -0.05) is 48.5 Å². The number of hydrogen-bond acceptors (Lipinski definition) is 4. The molecule has 1 amide bonds. The van der Waals surface area contributed by atoms with Crippen molar-refractivity contribution < 1.29 is 19.4 Å². The lowest BCUT2D eigenvalue weighted by Crippen LogP contribution is -2.49. The second-order valence-corrected chi connectivity index (χ2v) is 7.27. The fourth-order valence-corrected chi connectivity index (χ4v) is 4.05. The highest BCUT2D eigenvalue weighted by Gasteiger charge is 2.44. The van der Waals surface area contributed by atoms with Gasteiger partial charge >= 0.3 is 6.09 Å². The fourth-order valence-electron chi connectivity index (χ4n) is 4.05. The summed E-state index contributed by atoms with van der Waals surface area (Å²) in [6.45, 7) is 4.05. The number of carbonyl (C=O) groups excluding carboxylic acids is 1. The fraction of sp³-hybridized carbons (Fsp3) is 0.381. The number of benzene rings is 2. The van der Waals surface area contributed by atoms with Crippen molar-refractivity contribution in [3.63, 3.8) is 0 Å². The molecule has 1 aliphatic heterocycles. The largest absolute Gasteiger partial charge is 0.448 e. The van der Waals surface area contributed by atoms with Crippen LogP contribution in [0.15, 0.2) is 48.5 Å². The molecule has 0 radical (unpaired) electrons. The molecule has 0 bridgehead atoms. The highest BCUT2D eigenvalue weighted by Crippen LogP contribution is 2.44. The Morgan fingerprint density at radius 1 is 1.15 bits per heavy atom. The number of aliphatic hydroxyl groups excluding tert-OH is 1. The number of ether oxygens (including phenoxy) is 2. The van der Waals surface area contributed by atoms with Gasteiger partial charge in [0.05, 0.1) is 19.3 Å². The second-order valence-electron chi connectivity index (χ2n) is 7.27. The minimum Gasteiger partial charge on any atom is -0.448 e. The zero-order valence-corrected chi connectivity index (χ0v) is 15.0. The topological polar surface area (TPSA) is 59.0 Å². The number of aliphatic hydroxyl groups is 1. The molecule has 0 unspecified atom stereocenters. The molecule has 0 spiro atoms. The van der Waals surface area contributed by atoms with Gasteiger partial charge in [0.2, 0.25) is 0 Å². The molecule has 2 aliphatic rings. The average Bonchev–Trinajstić information content (AvgIpc) is 3.13. The first-order valence-electron chi connectivity index (χ1n) is 8.92. The van der Waals surface area contributed by atoms with Gasteiger partial charge in [-0.3, -0.25) is 4.90 Å². The monoisotopic (exact) mass is 353 g/mol. The Bertz CT molecular complexity index is 787. The van der Waals surface area contributed by atoms with E-state index >= 15 is 0 Å². The van der Waals surface area contributed by atoms with Gasteiger partial charge in [0.25, 0.3) is 0 Å². The van der Waals surface area contributed by atoms with E-state index in [2.05, 4.69) is 24.3 Å². The Balaban J connectivity index is 1.56. The third-order valence-electron chi connectivity index (χ3n) is 5.32. The van der Waals surface area contributed by atoms with Gasteiger partial charge in [-0.25, -0.2) is 4.79 Å². The smallest absolute Gasteiger partial charge is 0.412 e. The first-order valence-corrected chi connectivity index (χ1v) is 8.92. The molecule has 1 aliphatic carbocycles. The van der Waals surface area contributed by atoms with E-state index in [0.29, 0.717) is 6.61 Å². The van der Waals surface area contributed by atoms with Crippen LogP contribution >= 0.6 is 0 Å². The summed E-state index contributed by atoms with van der Waals surface area (Å²) in [5.41, 5.74) is 3.97. The van der Waals surface area contributed by atoms with E-state index in [0.717, 1.165) is 0 Å². The Hall–Kier alpha value is -2.37. The lowest BCUT2D eigenvalue weighted by atomic mass is 9.98. The van der Waals surface area contributed by atoms with Crippen LogP contribution in [0.3, 0.4) is 0 Å². The van der Waals surface area contributed by atoms with Crippen LogP contribution in [0.2, 0.25) is 0 Å². The molecule has 1 saturated heterocycles. The molecular weight excluding hydrogens is 330 g/mol. The predicted molar refractivity (Wildman–Crippen MR) is 97.8 cm³/mol. The summed E-state index contributed by atoms with van der Waals surface area (Å²) in [5, 5.41) is 9.53. The van der Waals surface area contributed by atoms with Crippen molar-refractivity contribution >= 4 is 6.09 Å². The maximum atomic E-state index is 12.7. The SMILES string of the molecule is CC1(C)OC[C@@H](CO)N1C(=O)OCC1c2ccccc2-c2ccccc21. The van der Waals surface area contributed by atoms with Crippen LogP contribution < -0.4 is 0 Å². The number of carbonyl (C=O) groups is 1. The Morgan fingerprint density at radius 2 is 1.73 bits per heavy atom. The number of amides is 1. The summed E-state index contributed by atoms with van der Waals surface area (Å²) in [5.74, 6) is 0.0190. The van der Waals surface area contributed by atoms with E-state index in [1.807, 2.05) is 38.1 Å². The van der Waals surface area contributed by atoms with Crippen LogP contribution in [0.5, 0.6) is 0 Å². The van der Waals surface area contributed by atoms with Crippen molar-refractivity contribution in [3.8, 4) is 11.1 Å². The molecule has 0 saturated carbocycles. The first-order chi connectivity index (χ1) is 12.5. The maximum Gasteiger partial charge on any atom is 0.412 e. The first kappa shape index (κ1) is 17.1. The van der Waals surface area contributed by atoms with Crippen molar-refractivity contribution in [3.05, 3.63) is 59.7 Å². The number of rotatable bonds is 3. The minimum absolute atomic E-state index is 0.0190. The molecule has 26 heavy (non-hydrogen) atoms. The number of fused-ring (bicyclic) bond motifs is 3. The summed E-state index contributed by atoms with van der Waals surface area (Å²) >= 11 is 0. The van der Waals surface area contributed by atoms with E-state index < -0.39 is 11.8 Å². The molecule has 1 N–H and O–H groups in total. The molecule has 136 valence electrons. The molecule has 2 aromatic rings. The van der Waals surface area contributed by atoms with Crippen LogP contribution in [-0.2, 0) is 9.47 Å². The molecular formula is C21H23NO4. The van der Waals surface area contributed by atoms with E-state index in [9.17, 15) is 9.90 Å². The summed E-state index contributed by atoms with van der Waals surface area (Å²) in [7, 11) is 0. The summed E-state index contributed by atoms with van der Waals surface area (Å²) < 4.78 is 11.3. The van der Waals surface area contributed by atoms with E-state index in [1.165, 1.54) is 27.2 Å². The van der Waals surface area contributed by atoms with E-state index in [-0.39, 0.29) is 25.2 Å². The average molecular weight is 353 g/mol. The standard InChI is InChI=1S/C21H23NO4/c1-21(2)22(14(11-23)12-26-21)20(24)25-13-19-17-9-5-3-7-15(17)16-8-4-6-10-18(16)19/h3-10,14,19,23H,11-13H2,1-2H3/t14-/m1/s1. The van der Waals surface area contributed by atoms with Gasteiger partial charge < -0.3 is 14.6 Å². The molecule has 5 nitrogen and oxygen atoms in total. The Morgan fingerprint density at radius 3 is 2.31 bits per heavy atom. The lowest BCUT2D eigenvalue weighted by Gasteiger charge is -2.32. The predicted octanol–water partition coefficient (Wildman–Crippen LogP) is 3.36. The van der Waals surface area contributed by atoms with Crippen molar-refractivity contribution in [1.82, 2.24) is 4.90 Å². The highest BCUT2D eigenvalue weighted by atomic mass is 16.6. The highest BCUT2D eigenvalue weighted by molar-refractivity contribution is 5.79. The number of nitrogens with zero attached hydrogens (tertiary/aromatic N) is 1. The lowest BCUT2D eigenvalue weighted by molar-refractivity contribution is -0.0498. The molecule has 5 heteroatoms. The number of hydrogen-bond donors (Lipinski definition) is 1. The molecule has 2 aromatic carbocycles. The molecule has 0 aromatic heterocycles. The Labute approximate surface area is 153 Å². The molecule has 1 heterocycles. The van der Waals surface area contributed by atoms with Gasteiger partial charge in [-0.15, -0.1) is 0 Å². The second kappa shape index (κ2) is 6.41. The van der Waals surface area contributed by atoms with Gasteiger partial charge in [0.15, 0.2) is 0 Å². The van der Waals surface area contributed by atoms with E-state index in [1.54, 1.807) is 0 Å². The normalized spacial score (nSPS) is 20.7. The zero-order valence-electron chi connectivity index (χ0n) is 15.0. The van der Waals surface area contributed by atoms with Crippen molar-refractivity contribution in [1.29, 1.82) is 0 Å². The Kier molecular flexibility index (Phi) is 4.21. The third-order valence-corrected chi connectivity index (χ3v) is 5.32. The van der Waals surface area contributed by atoms with Crippen molar-refractivity contribution in [2.75, 3.05) is 19.8 Å². The maximum absolute atomic E-state index is 12.7. The minimum atomic E-state index is -0.782. The van der Waals surface area contributed by atoms with Crippen LogP contribution in [0.25, 0.3) is 11.1 Å². The van der Waals surface area contributed by atoms with Crippen LogP contribution in [0.1, 0.15) is 30.9 Å². The van der Waals surface area contributed by atoms with Gasteiger partial charge in [-0.2, -0.15) is 0 Å². The molecule has 1 fully saturated rings. The van der Waals surface area contributed by atoms with Gasteiger partial charge in [-0.05, 0) is 36.1 Å². The van der Waals surface area contributed by atoms with Gasteiger partial charge in [0, 0.05) is 5.92 Å². The van der Waals surface area contributed by atoms with Crippen LogP contribution in [0, 0.1) is 0 Å². The van der Waals surface area contributed by atoms with E-state index in [4.69, 9.17) is 9.47 Å².